The SMILES string of the molecule is CC=C=C(Br)CC(=O)OCC. The van der Waals surface area contributed by atoms with Gasteiger partial charge in [-0.05, 0) is 35.9 Å². The van der Waals surface area contributed by atoms with E-state index in [2.05, 4.69) is 21.7 Å². The molecule has 0 unspecified atom stereocenters. The molecule has 0 spiro atoms. The second-order valence-corrected chi connectivity index (χ2v) is 2.78. The van der Waals surface area contributed by atoms with E-state index in [4.69, 9.17) is 4.74 Å². The molecule has 0 aromatic carbocycles. The van der Waals surface area contributed by atoms with Gasteiger partial charge in [-0.1, -0.05) is 0 Å². The van der Waals surface area contributed by atoms with Crippen LogP contribution in [0.5, 0.6) is 0 Å². The lowest BCUT2D eigenvalue weighted by molar-refractivity contribution is -0.142. The van der Waals surface area contributed by atoms with Gasteiger partial charge in [0.2, 0.25) is 0 Å². The quantitative estimate of drug-likeness (QED) is 0.538. The molecule has 3 heteroatoms. The van der Waals surface area contributed by atoms with Crippen molar-refractivity contribution in [3.05, 3.63) is 16.3 Å². The minimum absolute atomic E-state index is 0.228. The highest BCUT2D eigenvalue weighted by Gasteiger charge is 2.01. The van der Waals surface area contributed by atoms with Crippen LogP contribution in [0.3, 0.4) is 0 Å². The molecule has 0 heterocycles. The van der Waals surface area contributed by atoms with E-state index in [1.807, 2.05) is 6.92 Å². The summed E-state index contributed by atoms with van der Waals surface area (Å²) >= 11 is 3.18. The summed E-state index contributed by atoms with van der Waals surface area (Å²) in [6.07, 6.45) is 2.00. The number of ether oxygens (including phenoxy) is 1. The molecule has 0 N–H and O–H groups in total. The van der Waals surface area contributed by atoms with Crippen LogP contribution in [0.15, 0.2) is 16.3 Å². The molecular weight excluding hydrogens is 208 g/mol. The maximum Gasteiger partial charge on any atom is 0.311 e. The van der Waals surface area contributed by atoms with Gasteiger partial charge in [0.05, 0.1) is 13.0 Å². The lowest BCUT2D eigenvalue weighted by Gasteiger charge is -1.97. The van der Waals surface area contributed by atoms with Crippen molar-refractivity contribution in [2.45, 2.75) is 20.3 Å². The van der Waals surface area contributed by atoms with E-state index in [0.29, 0.717) is 6.61 Å². The van der Waals surface area contributed by atoms with Gasteiger partial charge in [0.15, 0.2) is 0 Å². The minimum atomic E-state index is -0.228. The minimum Gasteiger partial charge on any atom is -0.466 e. The van der Waals surface area contributed by atoms with Gasteiger partial charge >= 0.3 is 5.97 Å². The zero-order chi connectivity index (χ0) is 8.69. The van der Waals surface area contributed by atoms with Crippen molar-refractivity contribution >= 4 is 21.9 Å². The molecule has 0 bridgehead atoms. The van der Waals surface area contributed by atoms with Gasteiger partial charge in [0, 0.05) is 4.48 Å². The first-order chi connectivity index (χ1) is 5.20. The number of halogens is 1. The summed E-state index contributed by atoms with van der Waals surface area (Å²) in [5, 5.41) is 0. The summed E-state index contributed by atoms with van der Waals surface area (Å²) in [5.41, 5.74) is 2.84. The maximum absolute atomic E-state index is 10.8. The Morgan fingerprint density at radius 3 is 2.82 bits per heavy atom. The normalized spacial score (nSPS) is 8.27. The van der Waals surface area contributed by atoms with Gasteiger partial charge < -0.3 is 4.74 Å². The van der Waals surface area contributed by atoms with Crippen LogP contribution in [0.2, 0.25) is 0 Å². The van der Waals surface area contributed by atoms with E-state index < -0.39 is 0 Å². The van der Waals surface area contributed by atoms with Crippen LogP contribution >= 0.6 is 15.9 Å². The fourth-order valence-corrected chi connectivity index (χ4v) is 1.00. The molecule has 0 amide bonds. The molecule has 62 valence electrons. The topological polar surface area (TPSA) is 26.3 Å². The van der Waals surface area contributed by atoms with E-state index in [1.54, 1.807) is 13.0 Å². The van der Waals surface area contributed by atoms with Crippen LogP contribution < -0.4 is 0 Å². The van der Waals surface area contributed by atoms with Crippen LogP contribution in [0.1, 0.15) is 20.3 Å². The number of carbonyl (C=O) groups is 1. The first-order valence-corrected chi connectivity index (χ1v) is 4.21. The Labute approximate surface area is 75.1 Å². The highest BCUT2D eigenvalue weighted by atomic mass is 79.9. The standard InChI is InChI=1S/C8H11BrO2/c1-3-5-7(9)6-8(10)11-4-2/h3H,4,6H2,1-2H3. The van der Waals surface area contributed by atoms with Crippen molar-refractivity contribution in [1.82, 2.24) is 0 Å². The smallest absolute Gasteiger partial charge is 0.311 e. The first-order valence-electron chi connectivity index (χ1n) is 3.42. The third-order valence-electron chi connectivity index (χ3n) is 0.906. The average Bonchev–Trinajstić information content (AvgIpc) is 1.87. The van der Waals surface area contributed by atoms with Crippen molar-refractivity contribution in [2.24, 2.45) is 0 Å². The highest BCUT2D eigenvalue weighted by Crippen LogP contribution is 2.08. The molecule has 0 atom stereocenters. The van der Waals surface area contributed by atoms with Crippen molar-refractivity contribution in [3.63, 3.8) is 0 Å². The molecule has 0 saturated carbocycles. The van der Waals surface area contributed by atoms with Gasteiger partial charge in [0.1, 0.15) is 0 Å². The molecular formula is C8H11BrO2. The summed E-state index contributed by atoms with van der Waals surface area (Å²) in [4.78, 5) is 10.8. The zero-order valence-corrected chi connectivity index (χ0v) is 8.27. The predicted octanol–water partition coefficient (Wildman–Crippen LogP) is 2.39. The lowest BCUT2D eigenvalue weighted by atomic mass is 10.4. The Balaban J connectivity index is 3.85. The summed E-state index contributed by atoms with van der Waals surface area (Å²) < 4.78 is 5.44. The Morgan fingerprint density at radius 1 is 1.73 bits per heavy atom. The second kappa shape index (κ2) is 6.20. The second-order valence-electron chi connectivity index (χ2n) is 1.82. The van der Waals surface area contributed by atoms with Crippen LogP contribution in [0, 0.1) is 0 Å². The van der Waals surface area contributed by atoms with E-state index in [0.717, 1.165) is 4.48 Å². The fraction of sp³-hybridized carbons (Fsp3) is 0.500. The molecule has 0 saturated heterocycles. The third-order valence-corrected chi connectivity index (χ3v) is 1.42. The number of hydrogen-bond donors (Lipinski definition) is 0. The van der Waals surface area contributed by atoms with Crippen LogP contribution in [0.4, 0.5) is 0 Å². The Hall–Kier alpha value is -0.530. The fourth-order valence-electron chi connectivity index (χ4n) is 0.546. The van der Waals surface area contributed by atoms with Crippen molar-refractivity contribution in [1.29, 1.82) is 0 Å². The van der Waals surface area contributed by atoms with Crippen molar-refractivity contribution in [2.75, 3.05) is 6.61 Å². The lowest BCUT2D eigenvalue weighted by Crippen LogP contribution is -2.02. The Kier molecular flexibility index (Phi) is 5.90. The molecule has 0 aromatic heterocycles. The molecule has 0 aliphatic heterocycles. The average molecular weight is 219 g/mol. The number of rotatable bonds is 3. The van der Waals surface area contributed by atoms with Gasteiger partial charge in [-0.15, -0.1) is 5.73 Å². The largest absolute Gasteiger partial charge is 0.466 e. The summed E-state index contributed by atoms with van der Waals surface area (Å²) in [6, 6.07) is 0. The number of hydrogen-bond acceptors (Lipinski definition) is 2. The summed E-state index contributed by atoms with van der Waals surface area (Å²) in [6.45, 7) is 4.05. The summed E-state index contributed by atoms with van der Waals surface area (Å²) in [5.74, 6) is -0.228. The molecule has 0 rings (SSSR count). The van der Waals surface area contributed by atoms with Gasteiger partial charge in [-0.25, -0.2) is 0 Å². The predicted molar refractivity (Wildman–Crippen MR) is 47.4 cm³/mol. The van der Waals surface area contributed by atoms with E-state index in [-0.39, 0.29) is 12.4 Å². The molecule has 0 aliphatic rings. The third kappa shape index (κ3) is 5.89. The monoisotopic (exact) mass is 218 g/mol. The van der Waals surface area contributed by atoms with Gasteiger partial charge in [-0.2, -0.15) is 0 Å². The van der Waals surface area contributed by atoms with Crippen LogP contribution in [-0.2, 0) is 9.53 Å². The highest BCUT2D eigenvalue weighted by molar-refractivity contribution is 9.11. The van der Waals surface area contributed by atoms with Crippen LogP contribution in [-0.4, -0.2) is 12.6 Å². The van der Waals surface area contributed by atoms with Crippen LogP contribution in [0.25, 0.3) is 0 Å². The van der Waals surface area contributed by atoms with Gasteiger partial charge in [-0.3, -0.25) is 4.79 Å². The van der Waals surface area contributed by atoms with E-state index >= 15 is 0 Å². The van der Waals surface area contributed by atoms with Crippen molar-refractivity contribution < 1.29 is 9.53 Å². The molecule has 0 fully saturated rings. The van der Waals surface area contributed by atoms with Crippen molar-refractivity contribution in [3.8, 4) is 0 Å². The molecule has 11 heavy (non-hydrogen) atoms. The Morgan fingerprint density at radius 2 is 2.36 bits per heavy atom. The molecule has 0 aromatic rings. The maximum atomic E-state index is 10.8. The van der Waals surface area contributed by atoms with E-state index in [1.165, 1.54) is 0 Å². The molecule has 2 nitrogen and oxygen atoms in total. The molecule has 0 radical (unpaired) electrons. The number of carbonyl (C=O) groups excluding carboxylic acids is 1. The molecule has 0 aliphatic carbocycles. The zero-order valence-electron chi connectivity index (χ0n) is 6.69. The Bertz CT molecular complexity index is 190. The first kappa shape index (κ1) is 10.5. The van der Waals surface area contributed by atoms with E-state index in [9.17, 15) is 4.79 Å². The summed E-state index contributed by atoms with van der Waals surface area (Å²) in [7, 11) is 0. The number of esters is 1. The van der Waals surface area contributed by atoms with Gasteiger partial charge in [0.25, 0.3) is 0 Å².